The lowest BCUT2D eigenvalue weighted by atomic mass is 10.8. The first-order valence-electron chi connectivity index (χ1n) is 2.86. The van der Waals surface area contributed by atoms with Crippen LogP contribution in [0.15, 0.2) is 0 Å². The van der Waals surface area contributed by atoms with Gasteiger partial charge in [-0.15, -0.1) is 0 Å². The first kappa shape index (κ1) is 9.62. The van der Waals surface area contributed by atoms with Gasteiger partial charge in [0.1, 0.15) is 0 Å². The van der Waals surface area contributed by atoms with Crippen LogP contribution in [0.3, 0.4) is 0 Å². The predicted octanol–water partition coefficient (Wildman–Crippen LogP) is 0.800. The van der Waals surface area contributed by atoms with E-state index in [1.165, 1.54) is 0 Å². The lowest BCUT2D eigenvalue weighted by molar-refractivity contribution is 0.0970. The molecule has 0 amide bonds. The van der Waals surface area contributed by atoms with Gasteiger partial charge in [0.2, 0.25) is 0 Å². The van der Waals surface area contributed by atoms with E-state index in [1.807, 2.05) is 11.8 Å². The number of hydrogen-bond donors (Lipinski definition) is 2. The Morgan fingerprint density at radius 3 is 2.89 bits per heavy atom. The van der Waals surface area contributed by atoms with Crippen molar-refractivity contribution in [1.82, 2.24) is 5.48 Å². The molecule has 0 aliphatic carbocycles. The summed E-state index contributed by atoms with van der Waals surface area (Å²) in [5, 5.41) is 0. The lowest BCUT2D eigenvalue weighted by Crippen LogP contribution is -2.15. The second-order valence-electron chi connectivity index (χ2n) is 1.43. The SMILES string of the molecule is CONCCSCCS. The van der Waals surface area contributed by atoms with Crippen molar-refractivity contribution in [3.8, 4) is 0 Å². The molecule has 0 radical (unpaired) electrons. The van der Waals surface area contributed by atoms with Gasteiger partial charge in [-0.05, 0) is 5.75 Å². The topological polar surface area (TPSA) is 21.3 Å². The van der Waals surface area contributed by atoms with E-state index in [9.17, 15) is 0 Å². The highest BCUT2D eigenvalue weighted by molar-refractivity contribution is 8.00. The van der Waals surface area contributed by atoms with E-state index < -0.39 is 0 Å². The van der Waals surface area contributed by atoms with Crippen molar-refractivity contribution in [2.75, 3.05) is 30.9 Å². The Morgan fingerprint density at radius 1 is 1.56 bits per heavy atom. The van der Waals surface area contributed by atoms with Crippen LogP contribution in [-0.2, 0) is 4.84 Å². The van der Waals surface area contributed by atoms with Crippen molar-refractivity contribution in [3.05, 3.63) is 0 Å². The fraction of sp³-hybridized carbons (Fsp3) is 1.00. The zero-order valence-electron chi connectivity index (χ0n) is 5.59. The molecule has 0 aliphatic rings. The van der Waals surface area contributed by atoms with Crippen LogP contribution in [0.2, 0.25) is 0 Å². The number of hydroxylamine groups is 1. The first-order chi connectivity index (χ1) is 4.41. The number of nitrogens with one attached hydrogen (secondary N) is 1. The molecule has 0 aromatic carbocycles. The average molecular weight is 167 g/mol. The predicted molar refractivity (Wildman–Crippen MR) is 46.2 cm³/mol. The summed E-state index contributed by atoms with van der Waals surface area (Å²) in [5.74, 6) is 3.17. The molecule has 56 valence electrons. The van der Waals surface area contributed by atoms with Crippen LogP contribution >= 0.6 is 24.4 Å². The first-order valence-corrected chi connectivity index (χ1v) is 4.65. The van der Waals surface area contributed by atoms with Crippen molar-refractivity contribution >= 4 is 24.4 Å². The van der Waals surface area contributed by atoms with Crippen molar-refractivity contribution in [2.24, 2.45) is 0 Å². The molecule has 0 aromatic rings. The Labute approximate surface area is 66.1 Å². The zero-order chi connectivity index (χ0) is 6.95. The van der Waals surface area contributed by atoms with Crippen LogP contribution in [0.25, 0.3) is 0 Å². The Morgan fingerprint density at radius 2 is 2.33 bits per heavy atom. The molecule has 0 aromatic heterocycles. The maximum atomic E-state index is 4.64. The lowest BCUT2D eigenvalue weighted by Gasteiger charge is -1.99. The highest BCUT2D eigenvalue weighted by Crippen LogP contribution is 1.97. The van der Waals surface area contributed by atoms with Gasteiger partial charge in [-0.2, -0.15) is 24.4 Å². The fourth-order valence-corrected chi connectivity index (χ4v) is 1.33. The second kappa shape index (κ2) is 8.62. The number of hydrogen-bond acceptors (Lipinski definition) is 4. The van der Waals surface area contributed by atoms with Crippen LogP contribution in [0.5, 0.6) is 0 Å². The minimum Gasteiger partial charge on any atom is -0.305 e. The van der Waals surface area contributed by atoms with Crippen molar-refractivity contribution in [1.29, 1.82) is 0 Å². The summed E-state index contributed by atoms with van der Waals surface area (Å²) in [6, 6.07) is 0. The van der Waals surface area contributed by atoms with E-state index in [1.54, 1.807) is 7.11 Å². The monoisotopic (exact) mass is 167 g/mol. The molecule has 0 saturated carbocycles. The molecule has 0 aliphatic heterocycles. The summed E-state index contributed by atoms with van der Waals surface area (Å²) in [6.07, 6.45) is 0. The van der Waals surface area contributed by atoms with Crippen molar-refractivity contribution in [2.45, 2.75) is 0 Å². The Bertz CT molecular complexity index is 48.2. The van der Waals surface area contributed by atoms with E-state index in [2.05, 4.69) is 22.9 Å². The van der Waals surface area contributed by atoms with Crippen LogP contribution in [0.4, 0.5) is 0 Å². The third-order valence-electron chi connectivity index (χ3n) is 0.728. The molecule has 1 N–H and O–H groups in total. The van der Waals surface area contributed by atoms with Gasteiger partial charge in [0.25, 0.3) is 0 Å². The third kappa shape index (κ3) is 8.62. The summed E-state index contributed by atoms with van der Waals surface area (Å²) in [4.78, 5) is 4.64. The number of thiol groups is 1. The summed E-state index contributed by atoms with van der Waals surface area (Å²) in [7, 11) is 1.63. The highest BCUT2D eigenvalue weighted by Gasteiger charge is 1.84. The molecule has 2 nitrogen and oxygen atoms in total. The molecule has 0 unspecified atom stereocenters. The van der Waals surface area contributed by atoms with E-state index in [0.717, 1.165) is 23.8 Å². The Balaban J connectivity index is 2.60. The molecule has 0 spiro atoms. The minimum atomic E-state index is 0.912. The number of rotatable bonds is 6. The standard InChI is InChI=1S/C5H13NOS2/c1-7-6-2-4-9-5-3-8/h6,8H,2-5H2,1H3. The third-order valence-corrected chi connectivity index (χ3v) is 2.24. The molecule has 0 heterocycles. The van der Waals surface area contributed by atoms with Crippen LogP contribution in [0.1, 0.15) is 0 Å². The van der Waals surface area contributed by atoms with Crippen molar-refractivity contribution in [3.63, 3.8) is 0 Å². The maximum absolute atomic E-state index is 4.64. The number of thioether (sulfide) groups is 1. The second-order valence-corrected chi connectivity index (χ2v) is 3.11. The molecule has 0 rings (SSSR count). The summed E-state index contributed by atoms with van der Waals surface area (Å²) < 4.78 is 0. The van der Waals surface area contributed by atoms with Gasteiger partial charge in [0.15, 0.2) is 0 Å². The summed E-state index contributed by atoms with van der Waals surface area (Å²) in [5.41, 5.74) is 2.76. The van der Waals surface area contributed by atoms with Gasteiger partial charge in [-0.3, -0.25) is 0 Å². The van der Waals surface area contributed by atoms with Gasteiger partial charge in [0.05, 0.1) is 7.11 Å². The van der Waals surface area contributed by atoms with E-state index in [0.29, 0.717) is 0 Å². The normalized spacial score (nSPS) is 10.0. The molecule has 4 heteroatoms. The molecule has 0 atom stereocenters. The smallest absolute Gasteiger partial charge is 0.0572 e. The maximum Gasteiger partial charge on any atom is 0.0572 e. The van der Waals surface area contributed by atoms with Crippen LogP contribution in [0, 0.1) is 0 Å². The average Bonchev–Trinajstić information content (AvgIpc) is 1.89. The Kier molecular flexibility index (Phi) is 9.21. The van der Waals surface area contributed by atoms with E-state index in [-0.39, 0.29) is 0 Å². The summed E-state index contributed by atoms with van der Waals surface area (Å²) >= 11 is 5.95. The molecule has 0 fully saturated rings. The van der Waals surface area contributed by atoms with Gasteiger partial charge in [-0.1, -0.05) is 0 Å². The molecular weight excluding hydrogens is 154 g/mol. The van der Waals surface area contributed by atoms with Crippen molar-refractivity contribution < 1.29 is 4.84 Å². The fourth-order valence-electron chi connectivity index (χ4n) is 0.383. The van der Waals surface area contributed by atoms with Crippen LogP contribution < -0.4 is 5.48 Å². The van der Waals surface area contributed by atoms with Gasteiger partial charge >= 0.3 is 0 Å². The zero-order valence-corrected chi connectivity index (χ0v) is 7.30. The summed E-state index contributed by atoms with van der Waals surface area (Å²) in [6.45, 7) is 0.912. The van der Waals surface area contributed by atoms with E-state index in [4.69, 9.17) is 0 Å². The van der Waals surface area contributed by atoms with E-state index >= 15 is 0 Å². The van der Waals surface area contributed by atoms with Gasteiger partial charge < -0.3 is 4.84 Å². The van der Waals surface area contributed by atoms with Gasteiger partial charge in [0, 0.05) is 18.1 Å². The quantitative estimate of drug-likeness (QED) is 0.347. The molecular formula is C5H13NOS2. The van der Waals surface area contributed by atoms with Crippen LogP contribution in [-0.4, -0.2) is 30.9 Å². The minimum absolute atomic E-state index is 0.912. The molecule has 9 heavy (non-hydrogen) atoms. The largest absolute Gasteiger partial charge is 0.305 e. The highest BCUT2D eigenvalue weighted by atomic mass is 32.2. The molecule has 0 saturated heterocycles. The molecule has 0 bridgehead atoms. The van der Waals surface area contributed by atoms with Gasteiger partial charge in [-0.25, -0.2) is 5.48 Å². The Hall–Kier alpha value is 0.620.